The number of carbonyl (C=O) groups is 1. The molecule has 0 aliphatic carbocycles. The number of carbonyl (C=O) groups excluding carboxylic acids is 1. The summed E-state index contributed by atoms with van der Waals surface area (Å²) in [5.41, 5.74) is 0.550. The largest absolute Gasteiger partial charge is 0.495 e. The average Bonchev–Trinajstić information content (AvgIpc) is 3.18. The van der Waals surface area contributed by atoms with E-state index in [4.69, 9.17) is 16.3 Å². The summed E-state index contributed by atoms with van der Waals surface area (Å²) in [6, 6.07) is 7.95. The fourth-order valence-corrected chi connectivity index (χ4v) is 6.26. The number of piperidine rings is 1. The van der Waals surface area contributed by atoms with E-state index in [0.29, 0.717) is 33.6 Å². The number of rotatable bonds is 6. The molecule has 146 valence electrons. The molecule has 1 N–H and O–H groups in total. The molecular weight excluding hydrogens is 408 g/mol. The van der Waals surface area contributed by atoms with Crippen LogP contribution in [0.2, 0.25) is 5.02 Å². The van der Waals surface area contributed by atoms with Crippen molar-refractivity contribution in [2.75, 3.05) is 19.0 Å². The van der Waals surface area contributed by atoms with Gasteiger partial charge in [0.25, 0.3) is 10.0 Å². The minimum absolute atomic E-state index is 0.105. The number of hydrogen-bond acceptors (Lipinski definition) is 5. The second kappa shape index (κ2) is 8.60. The Morgan fingerprint density at radius 1 is 1.37 bits per heavy atom. The lowest BCUT2D eigenvalue weighted by molar-refractivity contribution is -0.117. The van der Waals surface area contributed by atoms with Crippen LogP contribution in [0.4, 0.5) is 5.69 Å². The Balaban J connectivity index is 1.71. The summed E-state index contributed by atoms with van der Waals surface area (Å²) in [7, 11) is -2.05. The predicted molar refractivity (Wildman–Crippen MR) is 107 cm³/mol. The van der Waals surface area contributed by atoms with Crippen LogP contribution in [0.3, 0.4) is 0 Å². The molecule has 1 aromatic carbocycles. The van der Waals surface area contributed by atoms with Crippen LogP contribution >= 0.6 is 22.9 Å². The number of amides is 1. The highest BCUT2D eigenvalue weighted by Gasteiger charge is 2.35. The van der Waals surface area contributed by atoms with E-state index in [1.807, 2.05) is 0 Å². The van der Waals surface area contributed by atoms with Gasteiger partial charge in [0.15, 0.2) is 0 Å². The van der Waals surface area contributed by atoms with Crippen molar-refractivity contribution < 1.29 is 17.9 Å². The van der Waals surface area contributed by atoms with Crippen molar-refractivity contribution in [1.82, 2.24) is 4.31 Å². The summed E-state index contributed by atoms with van der Waals surface area (Å²) in [4.78, 5) is 12.5. The number of thiophene rings is 1. The van der Waals surface area contributed by atoms with Crippen molar-refractivity contribution in [3.05, 3.63) is 40.7 Å². The van der Waals surface area contributed by atoms with Gasteiger partial charge in [0, 0.05) is 24.7 Å². The van der Waals surface area contributed by atoms with Gasteiger partial charge < -0.3 is 10.1 Å². The van der Waals surface area contributed by atoms with Crippen molar-refractivity contribution in [3.63, 3.8) is 0 Å². The van der Waals surface area contributed by atoms with Crippen LogP contribution in [0.1, 0.15) is 25.7 Å². The summed E-state index contributed by atoms with van der Waals surface area (Å²) < 4.78 is 32.7. The topological polar surface area (TPSA) is 75.7 Å². The highest BCUT2D eigenvalue weighted by Crippen LogP contribution is 2.30. The molecule has 2 aromatic rings. The predicted octanol–water partition coefficient (Wildman–Crippen LogP) is 3.98. The molecule has 1 fully saturated rings. The summed E-state index contributed by atoms with van der Waals surface area (Å²) in [6.45, 7) is 0.437. The van der Waals surface area contributed by atoms with E-state index in [-0.39, 0.29) is 18.4 Å². The first kappa shape index (κ1) is 20.1. The number of halogens is 1. The third kappa shape index (κ3) is 4.63. The van der Waals surface area contributed by atoms with E-state index >= 15 is 0 Å². The molecule has 1 aliphatic heterocycles. The van der Waals surface area contributed by atoms with Crippen LogP contribution in [0.25, 0.3) is 0 Å². The molecule has 0 saturated carbocycles. The molecule has 1 atom stereocenters. The molecule has 1 amide bonds. The Kier molecular flexibility index (Phi) is 6.41. The number of ether oxygens (including phenoxy) is 1. The minimum atomic E-state index is -3.57. The Morgan fingerprint density at radius 2 is 2.19 bits per heavy atom. The van der Waals surface area contributed by atoms with E-state index in [1.54, 1.807) is 35.7 Å². The quantitative estimate of drug-likeness (QED) is 0.754. The number of anilines is 1. The third-order valence-electron chi connectivity index (χ3n) is 4.49. The monoisotopic (exact) mass is 428 g/mol. The van der Waals surface area contributed by atoms with Crippen LogP contribution in [-0.2, 0) is 14.8 Å². The molecule has 0 unspecified atom stereocenters. The molecule has 1 aromatic heterocycles. The molecule has 0 bridgehead atoms. The Bertz CT molecular complexity index is 900. The van der Waals surface area contributed by atoms with Crippen molar-refractivity contribution in [2.45, 2.75) is 35.9 Å². The maximum absolute atomic E-state index is 12.9. The first-order valence-electron chi connectivity index (χ1n) is 8.60. The molecular formula is C18H21ClN2O4S2. The lowest BCUT2D eigenvalue weighted by Gasteiger charge is -2.34. The molecule has 1 saturated heterocycles. The average molecular weight is 429 g/mol. The van der Waals surface area contributed by atoms with Crippen LogP contribution in [-0.4, -0.2) is 38.3 Å². The fraction of sp³-hybridized carbons (Fsp3) is 0.389. The summed E-state index contributed by atoms with van der Waals surface area (Å²) in [5.74, 6) is 0.282. The van der Waals surface area contributed by atoms with Gasteiger partial charge >= 0.3 is 0 Å². The number of methoxy groups -OCH3 is 1. The molecule has 2 heterocycles. The van der Waals surface area contributed by atoms with Gasteiger partial charge in [0.1, 0.15) is 9.96 Å². The van der Waals surface area contributed by atoms with Gasteiger partial charge in [-0.25, -0.2) is 8.42 Å². The highest BCUT2D eigenvalue weighted by molar-refractivity contribution is 7.91. The lowest BCUT2D eigenvalue weighted by Crippen LogP contribution is -2.45. The maximum Gasteiger partial charge on any atom is 0.252 e. The van der Waals surface area contributed by atoms with Crippen molar-refractivity contribution in [3.8, 4) is 5.75 Å². The Labute approximate surface area is 168 Å². The van der Waals surface area contributed by atoms with Gasteiger partial charge in [-0.1, -0.05) is 24.1 Å². The number of hydrogen-bond donors (Lipinski definition) is 1. The third-order valence-corrected chi connectivity index (χ3v) is 8.11. The molecule has 3 rings (SSSR count). The first-order chi connectivity index (χ1) is 12.9. The van der Waals surface area contributed by atoms with Crippen LogP contribution < -0.4 is 10.1 Å². The zero-order valence-corrected chi connectivity index (χ0v) is 17.2. The van der Waals surface area contributed by atoms with Gasteiger partial charge in [0.05, 0.1) is 12.1 Å². The minimum Gasteiger partial charge on any atom is -0.495 e. The number of sulfonamides is 1. The van der Waals surface area contributed by atoms with Gasteiger partial charge in [-0.05, 0) is 42.5 Å². The smallest absolute Gasteiger partial charge is 0.252 e. The maximum atomic E-state index is 12.9. The van der Waals surface area contributed by atoms with E-state index in [1.165, 1.54) is 22.8 Å². The van der Waals surface area contributed by atoms with Crippen molar-refractivity contribution >= 4 is 44.6 Å². The summed E-state index contributed by atoms with van der Waals surface area (Å²) >= 11 is 7.28. The van der Waals surface area contributed by atoms with E-state index in [9.17, 15) is 13.2 Å². The molecule has 1 aliphatic rings. The Morgan fingerprint density at radius 3 is 2.85 bits per heavy atom. The van der Waals surface area contributed by atoms with Crippen molar-refractivity contribution in [2.24, 2.45) is 0 Å². The van der Waals surface area contributed by atoms with Crippen LogP contribution in [0.15, 0.2) is 39.9 Å². The number of benzene rings is 1. The fourth-order valence-electron chi connectivity index (χ4n) is 3.19. The molecule has 0 radical (unpaired) electrons. The first-order valence-corrected chi connectivity index (χ1v) is 11.3. The second-order valence-electron chi connectivity index (χ2n) is 6.30. The standard InChI is InChI=1S/C18H21ClN2O4S2/c1-25-16-8-7-13(11-15(16)19)20-17(22)12-14-5-2-3-9-21(14)27(23,24)18-6-4-10-26-18/h4,6-8,10-11,14H,2-3,5,9,12H2,1H3,(H,20,22)/t14-/m1/s1. The van der Waals surface area contributed by atoms with E-state index in [2.05, 4.69) is 5.32 Å². The highest BCUT2D eigenvalue weighted by atomic mass is 35.5. The van der Waals surface area contributed by atoms with Gasteiger partial charge in [-0.2, -0.15) is 4.31 Å². The van der Waals surface area contributed by atoms with Gasteiger partial charge in [-0.15, -0.1) is 11.3 Å². The van der Waals surface area contributed by atoms with Gasteiger partial charge in [-0.3, -0.25) is 4.79 Å². The number of nitrogens with zero attached hydrogens (tertiary/aromatic N) is 1. The number of nitrogens with one attached hydrogen (secondary N) is 1. The SMILES string of the molecule is COc1ccc(NC(=O)C[C@H]2CCCCN2S(=O)(=O)c2cccs2)cc1Cl. The van der Waals surface area contributed by atoms with Crippen LogP contribution in [0.5, 0.6) is 5.75 Å². The van der Waals surface area contributed by atoms with Gasteiger partial charge in [0.2, 0.25) is 5.91 Å². The zero-order chi connectivity index (χ0) is 19.4. The zero-order valence-electron chi connectivity index (χ0n) is 14.9. The molecule has 6 nitrogen and oxygen atoms in total. The second-order valence-corrected chi connectivity index (χ2v) is 9.77. The molecule has 9 heteroatoms. The van der Waals surface area contributed by atoms with E-state index in [0.717, 1.165) is 12.8 Å². The summed E-state index contributed by atoms with van der Waals surface area (Å²) in [6.07, 6.45) is 2.48. The molecule has 27 heavy (non-hydrogen) atoms. The normalized spacial score (nSPS) is 18.2. The van der Waals surface area contributed by atoms with Crippen LogP contribution in [0, 0.1) is 0 Å². The molecule has 0 spiro atoms. The summed E-state index contributed by atoms with van der Waals surface area (Å²) in [5, 5.41) is 4.93. The van der Waals surface area contributed by atoms with Crippen molar-refractivity contribution in [1.29, 1.82) is 0 Å². The Hall–Kier alpha value is -1.61. The lowest BCUT2D eigenvalue weighted by atomic mass is 10.0. The van der Waals surface area contributed by atoms with E-state index < -0.39 is 10.0 Å².